The number of thioether (sulfide) groups is 1. The van der Waals surface area contributed by atoms with E-state index in [0.717, 1.165) is 10.9 Å². The van der Waals surface area contributed by atoms with E-state index in [2.05, 4.69) is 20.3 Å². The Hall–Kier alpha value is -1.14. The number of halogens is 1. The lowest BCUT2D eigenvalue weighted by Gasteiger charge is -1.99. The molecule has 0 saturated carbocycles. The highest BCUT2D eigenvalue weighted by Crippen LogP contribution is 2.18. The molecule has 0 spiro atoms. The van der Waals surface area contributed by atoms with Gasteiger partial charge >= 0.3 is 0 Å². The largest absolute Gasteiger partial charge is 0.244 e. The van der Waals surface area contributed by atoms with Crippen LogP contribution in [0, 0.1) is 0 Å². The smallest absolute Gasteiger partial charge is 0.186 e. The molecule has 5 nitrogen and oxygen atoms in total. The third kappa shape index (κ3) is 2.66. The molecular weight excluding hydrogens is 234 g/mol. The lowest BCUT2D eigenvalue weighted by atomic mass is 10.4. The maximum Gasteiger partial charge on any atom is 0.186 e. The third-order valence-electron chi connectivity index (χ3n) is 1.71. The zero-order chi connectivity index (χ0) is 10.7. The minimum absolute atomic E-state index is 0.405. The summed E-state index contributed by atoms with van der Waals surface area (Å²) in [6, 6.07) is 3.57. The van der Waals surface area contributed by atoms with Gasteiger partial charge in [-0.15, -0.1) is 5.10 Å². The monoisotopic (exact) mass is 241 g/mol. The van der Waals surface area contributed by atoms with Gasteiger partial charge in [-0.2, -0.15) is 10.2 Å². The molecule has 0 aromatic carbocycles. The summed E-state index contributed by atoms with van der Waals surface area (Å²) in [5.41, 5.74) is 0.868. The van der Waals surface area contributed by atoms with Crippen LogP contribution in [0.15, 0.2) is 23.6 Å². The van der Waals surface area contributed by atoms with Crippen molar-refractivity contribution in [3.63, 3.8) is 0 Å². The van der Waals surface area contributed by atoms with Crippen molar-refractivity contribution in [3.8, 4) is 0 Å². The topological polar surface area (TPSA) is 56.5 Å². The fraction of sp³-hybridized carbons (Fsp3) is 0.250. The Kier molecular flexibility index (Phi) is 3.17. The van der Waals surface area contributed by atoms with Gasteiger partial charge in [-0.1, -0.05) is 23.4 Å². The van der Waals surface area contributed by atoms with Crippen LogP contribution in [0.1, 0.15) is 5.69 Å². The lowest BCUT2D eigenvalue weighted by molar-refractivity contribution is 0.685. The minimum Gasteiger partial charge on any atom is -0.244 e. The Morgan fingerprint density at radius 2 is 2.27 bits per heavy atom. The molecule has 0 radical (unpaired) electrons. The van der Waals surface area contributed by atoms with Crippen molar-refractivity contribution in [1.29, 1.82) is 0 Å². The summed E-state index contributed by atoms with van der Waals surface area (Å²) < 4.78 is 1.72. The predicted molar refractivity (Wildman–Crippen MR) is 57.6 cm³/mol. The average molecular weight is 242 g/mol. The highest BCUT2D eigenvalue weighted by atomic mass is 35.5. The molecule has 78 valence electrons. The van der Waals surface area contributed by atoms with E-state index in [1.807, 2.05) is 13.1 Å². The highest BCUT2D eigenvalue weighted by Gasteiger charge is 2.03. The summed E-state index contributed by atoms with van der Waals surface area (Å²) in [7, 11) is 1.85. The number of aryl methyl sites for hydroxylation is 1. The van der Waals surface area contributed by atoms with Gasteiger partial charge in [-0.25, -0.2) is 9.67 Å². The van der Waals surface area contributed by atoms with Crippen LogP contribution in [0.4, 0.5) is 0 Å². The van der Waals surface area contributed by atoms with Crippen molar-refractivity contribution in [1.82, 2.24) is 25.0 Å². The molecule has 15 heavy (non-hydrogen) atoms. The maximum atomic E-state index is 5.63. The molecular formula is C8H8ClN5S. The predicted octanol–water partition coefficient (Wildman–Crippen LogP) is 1.55. The van der Waals surface area contributed by atoms with Gasteiger partial charge in [-0.05, 0) is 12.1 Å². The van der Waals surface area contributed by atoms with Crippen LogP contribution in [0.3, 0.4) is 0 Å². The number of hydrogen-bond acceptors (Lipinski definition) is 5. The molecule has 0 aliphatic rings. The van der Waals surface area contributed by atoms with Crippen molar-refractivity contribution in [3.05, 3.63) is 29.3 Å². The molecule has 0 saturated heterocycles. The van der Waals surface area contributed by atoms with Crippen LogP contribution in [-0.4, -0.2) is 25.0 Å². The number of aromatic nitrogens is 5. The average Bonchev–Trinajstić information content (AvgIpc) is 2.63. The summed E-state index contributed by atoms with van der Waals surface area (Å²) in [6.07, 6.45) is 1.52. The van der Waals surface area contributed by atoms with E-state index in [4.69, 9.17) is 11.6 Å². The van der Waals surface area contributed by atoms with Crippen molar-refractivity contribution in [2.45, 2.75) is 10.9 Å². The molecule has 0 fully saturated rings. The quantitative estimate of drug-likeness (QED) is 0.764. The molecule has 0 amide bonds. The minimum atomic E-state index is 0.405. The second-order valence-electron chi connectivity index (χ2n) is 2.80. The first-order chi connectivity index (χ1) is 7.25. The first-order valence-electron chi connectivity index (χ1n) is 4.20. The number of nitrogens with zero attached hydrogens (tertiary/aromatic N) is 5. The molecule has 0 aliphatic carbocycles. The van der Waals surface area contributed by atoms with Gasteiger partial charge in [-0.3, -0.25) is 0 Å². The molecule has 0 N–H and O–H groups in total. The van der Waals surface area contributed by atoms with E-state index in [-0.39, 0.29) is 0 Å². The van der Waals surface area contributed by atoms with Gasteiger partial charge in [0.25, 0.3) is 0 Å². The van der Waals surface area contributed by atoms with E-state index < -0.39 is 0 Å². The van der Waals surface area contributed by atoms with Gasteiger partial charge < -0.3 is 0 Å². The summed E-state index contributed by atoms with van der Waals surface area (Å²) in [6.45, 7) is 0. The highest BCUT2D eigenvalue weighted by molar-refractivity contribution is 7.98. The summed E-state index contributed by atoms with van der Waals surface area (Å²) in [5, 5.41) is 12.9. The van der Waals surface area contributed by atoms with Crippen molar-refractivity contribution >= 4 is 23.4 Å². The number of rotatable bonds is 3. The van der Waals surface area contributed by atoms with E-state index in [1.54, 1.807) is 22.5 Å². The molecule has 0 atom stereocenters. The Labute approximate surface area is 95.9 Å². The van der Waals surface area contributed by atoms with Gasteiger partial charge in [0.05, 0.1) is 5.69 Å². The Morgan fingerprint density at radius 1 is 1.40 bits per heavy atom. The van der Waals surface area contributed by atoms with Gasteiger partial charge in [0.2, 0.25) is 0 Å². The molecule has 2 aromatic heterocycles. The summed E-state index contributed by atoms with van der Waals surface area (Å²) in [5.74, 6) is 0.705. The van der Waals surface area contributed by atoms with E-state index in [1.165, 1.54) is 6.33 Å². The fourth-order valence-corrected chi connectivity index (χ4v) is 1.86. The number of hydrogen-bond donors (Lipinski definition) is 0. The zero-order valence-electron chi connectivity index (χ0n) is 7.96. The van der Waals surface area contributed by atoms with E-state index >= 15 is 0 Å². The van der Waals surface area contributed by atoms with Crippen LogP contribution in [-0.2, 0) is 12.8 Å². The van der Waals surface area contributed by atoms with Crippen LogP contribution < -0.4 is 0 Å². The molecule has 0 aliphatic heterocycles. The van der Waals surface area contributed by atoms with Crippen molar-refractivity contribution in [2.75, 3.05) is 0 Å². The maximum absolute atomic E-state index is 5.63. The zero-order valence-corrected chi connectivity index (χ0v) is 9.53. The van der Waals surface area contributed by atoms with Gasteiger partial charge in [0.15, 0.2) is 10.3 Å². The molecule has 7 heteroatoms. The first-order valence-corrected chi connectivity index (χ1v) is 5.57. The van der Waals surface area contributed by atoms with Crippen molar-refractivity contribution in [2.24, 2.45) is 7.05 Å². The van der Waals surface area contributed by atoms with Crippen LogP contribution in [0.25, 0.3) is 0 Å². The summed E-state index contributed by atoms with van der Waals surface area (Å²) in [4.78, 5) is 4.09. The molecule has 0 unspecified atom stereocenters. The van der Waals surface area contributed by atoms with E-state index in [0.29, 0.717) is 10.9 Å². The van der Waals surface area contributed by atoms with Crippen molar-refractivity contribution < 1.29 is 0 Å². The van der Waals surface area contributed by atoms with Crippen LogP contribution in [0.5, 0.6) is 0 Å². The Morgan fingerprint density at radius 3 is 2.87 bits per heavy atom. The molecule has 2 rings (SSSR count). The second kappa shape index (κ2) is 4.59. The second-order valence-corrected chi connectivity index (χ2v) is 4.13. The fourth-order valence-electron chi connectivity index (χ4n) is 0.975. The third-order valence-corrected chi connectivity index (χ3v) is 2.98. The van der Waals surface area contributed by atoms with Crippen LogP contribution in [0.2, 0.25) is 5.15 Å². The molecule has 2 heterocycles. The van der Waals surface area contributed by atoms with E-state index in [9.17, 15) is 0 Å². The van der Waals surface area contributed by atoms with Crippen LogP contribution >= 0.6 is 23.4 Å². The SMILES string of the molecule is Cn1ncnc1SCc1ccc(Cl)nn1. The van der Waals surface area contributed by atoms with Gasteiger partial charge in [0.1, 0.15) is 6.33 Å². The normalized spacial score (nSPS) is 10.5. The Balaban J connectivity index is 1.99. The van der Waals surface area contributed by atoms with Gasteiger partial charge in [0, 0.05) is 12.8 Å². The molecule has 2 aromatic rings. The first kappa shape index (κ1) is 10.4. The lowest BCUT2D eigenvalue weighted by Crippen LogP contribution is -1.95. The standard InChI is InChI=1S/C8H8ClN5S/c1-14-8(10-5-11-14)15-4-6-2-3-7(9)13-12-6/h2-3,5H,4H2,1H3. The molecule has 0 bridgehead atoms. The summed E-state index contributed by atoms with van der Waals surface area (Å²) >= 11 is 7.19. The Bertz CT molecular complexity index is 441.